The SMILES string of the molecule is Cc1cc(-c2noc(C)c2C(=O)O)ccn1. The van der Waals surface area contributed by atoms with Gasteiger partial charge in [-0.3, -0.25) is 4.98 Å². The minimum Gasteiger partial charge on any atom is -0.477 e. The van der Waals surface area contributed by atoms with Crippen molar-refractivity contribution in [1.82, 2.24) is 10.1 Å². The molecule has 0 spiro atoms. The van der Waals surface area contributed by atoms with E-state index in [1.807, 2.05) is 6.92 Å². The lowest BCUT2D eigenvalue weighted by Crippen LogP contribution is -1.99. The zero-order chi connectivity index (χ0) is 11.7. The largest absolute Gasteiger partial charge is 0.477 e. The molecular weight excluding hydrogens is 208 g/mol. The molecule has 0 aliphatic carbocycles. The molecule has 2 aromatic heterocycles. The van der Waals surface area contributed by atoms with Gasteiger partial charge < -0.3 is 9.63 Å². The van der Waals surface area contributed by atoms with E-state index in [9.17, 15) is 4.79 Å². The maximum Gasteiger partial charge on any atom is 0.341 e. The Kier molecular flexibility index (Phi) is 2.44. The molecule has 0 amide bonds. The Balaban J connectivity index is 2.60. The van der Waals surface area contributed by atoms with E-state index >= 15 is 0 Å². The van der Waals surface area contributed by atoms with Crippen molar-refractivity contribution >= 4 is 5.97 Å². The second kappa shape index (κ2) is 3.77. The average Bonchev–Trinajstić information content (AvgIpc) is 2.60. The summed E-state index contributed by atoms with van der Waals surface area (Å²) in [5.74, 6) is -0.736. The number of hydrogen-bond acceptors (Lipinski definition) is 4. The number of aryl methyl sites for hydroxylation is 2. The van der Waals surface area contributed by atoms with Crippen LogP contribution in [0, 0.1) is 13.8 Å². The molecule has 16 heavy (non-hydrogen) atoms. The molecule has 0 bridgehead atoms. The summed E-state index contributed by atoms with van der Waals surface area (Å²) in [6.07, 6.45) is 1.61. The Labute approximate surface area is 91.7 Å². The fraction of sp³-hybridized carbons (Fsp3) is 0.182. The Morgan fingerprint density at radius 1 is 1.44 bits per heavy atom. The van der Waals surface area contributed by atoms with Crippen LogP contribution in [0.3, 0.4) is 0 Å². The third kappa shape index (κ3) is 1.67. The van der Waals surface area contributed by atoms with Gasteiger partial charge in [0.2, 0.25) is 0 Å². The number of carboxylic acid groups (broad SMARTS) is 1. The first-order valence-corrected chi connectivity index (χ1v) is 4.72. The first-order valence-electron chi connectivity index (χ1n) is 4.72. The van der Waals surface area contributed by atoms with Gasteiger partial charge in [-0.2, -0.15) is 0 Å². The van der Waals surface area contributed by atoms with Crippen molar-refractivity contribution in [2.75, 3.05) is 0 Å². The van der Waals surface area contributed by atoms with Crippen LogP contribution in [0.1, 0.15) is 21.8 Å². The van der Waals surface area contributed by atoms with Crippen LogP contribution in [0.2, 0.25) is 0 Å². The number of pyridine rings is 1. The fourth-order valence-corrected chi connectivity index (χ4v) is 1.51. The smallest absolute Gasteiger partial charge is 0.341 e. The minimum atomic E-state index is -1.04. The third-order valence-electron chi connectivity index (χ3n) is 2.25. The van der Waals surface area contributed by atoms with E-state index in [-0.39, 0.29) is 5.56 Å². The highest BCUT2D eigenvalue weighted by Gasteiger charge is 2.20. The van der Waals surface area contributed by atoms with Gasteiger partial charge >= 0.3 is 5.97 Å². The maximum atomic E-state index is 11.0. The van der Waals surface area contributed by atoms with Gasteiger partial charge in [0.15, 0.2) is 0 Å². The Hall–Kier alpha value is -2.17. The molecule has 0 radical (unpaired) electrons. The van der Waals surface area contributed by atoms with Gasteiger partial charge in [0.25, 0.3) is 0 Å². The first-order chi connectivity index (χ1) is 7.59. The van der Waals surface area contributed by atoms with Crippen molar-refractivity contribution < 1.29 is 14.4 Å². The summed E-state index contributed by atoms with van der Waals surface area (Å²) in [4.78, 5) is 15.1. The number of carbonyl (C=O) groups is 1. The molecule has 5 heteroatoms. The number of aromatic carboxylic acids is 1. The van der Waals surface area contributed by atoms with E-state index in [4.69, 9.17) is 9.63 Å². The molecule has 0 atom stereocenters. The van der Waals surface area contributed by atoms with Crippen molar-refractivity contribution in [3.05, 3.63) is 35.3 Å². The lowest BCUT2D eigenvalue weighted by Gasteiger charge is -1.98. The quantitative estimate of drug-likeness (QED) is 0.834. The van der Waals surface area contributed by atoms with Crippen LogP contribution in [-0.4, -0.2) is 21.2 Å². The molecule has 82 valence electrons. The van der Waals surface area contributed by atoms with Crippen LogP contribution in [0.15, 0.2) is 22.9 Å². The van der Waals surface area contributed by atoms with Gasteiger partial charge in [-0.25, -0.2) is 4.79 Å². The van der Waals surface area contributed by atoms with Crippen LogP contribution >= 0.6 is 0 Å². The van der Waals surface area contributed by atoms with Crippen LogP contribution in [0.25, 0.3) is 11.3 Å². The monoisotopic (exact) mass is 218 g/mol. The summed E-state index contributed by atoms with van der Waals surface area (Å²) in [7, 11) is 0. The third-order valence-corrected chi connectivity index (χ3v) is 2.25. The van der Waals surface area contributed by atoms with Crippen LogP contribution < -0.4 is 0 Å². The van der Waals surface area contributed by atoms with Gasteiger partial charge in [-0.05, 0) is 26.0 Å². The maximum absolute atomic E-state index is 11.0. The minimum absolute atomic E-state index is 0.102. The first kappa shape index (κ1) is 10.4. The Morgan fingerprint density at radius 2 is 2.19 bits per heavy atom. The summed E-state index contributed by atoms with van der Waals surface area (Å²) in [6, 6.07) is 3.47. The number of rotatable bonds is 2. The van der Waals surface area contributed by atoms with Crippen LogP contribution in [0.4, 0.5) is 0 Å². The van der Waals surface area contributed by atoms with Gasteiger partial charge in [-0.15, -0.1) is 0 Å². The Bertz CT molecular complexity index is 546. The standard InChI is InChI=1S/C11H10N2O3/c1-6-5-8(3-4-12-6)10-9(11(14)15)7(2)16-13-10/h3-5H,1-2H3,(H,14,15). The molecule has 2 heterocycles. The zero-order valence-corrected chi connectivity index (χ0v) is 8.89. The Morgan fingerprint density at radius 3 is 2.81 bits per heavy atom. The van der Waals surface area contributed by atoms with Gasteiger partial charge in [0.05, 0.1) is 0 Å². The van der Waals surface area contributed by atoms with Crippen molar-refractivity contribution in [2.24, 2.45) is 0 Å². The number of hydrogen-bond donors (Lipinski definition) is 1. The molecule has 2 aromatic rings. The highest BCUT2D eigenvalue weighted by molar-refractivity contribution is 5.95. The second-order valence-electron chi connectivity index (χ2n) is 3.45. The predicted molar refractivity (Wildman–Crippen MR) is 56.2 cm³/mol. The van der Waals surface area contributed by atoms with E-state index in [1.54, 1.807) is 25.3 Å². The molecule has 0 aliphatic rings. The molecule has 0 aromatic carbocycles. The van der Waals surface area contributed by atoms with E-state index in [0.29, 0.717) is 17.0 Å². The molecule has 0 unspecified atom stereocenters. The molecule has 0 saturated carbocycles. The van der Waals surface area contributed by atoms with E-state index in [1.165, 1.54) is 0 Å². The zero-order valence-electron chi connectivity index (χ0n) is 8.89. The number of aromatic nitrogens is 2. The average molecular weight is 218 g/mol. The number of carboxylic acids is 1. The highest BCUT2D eigenvalue weighted by atomic mass is 16.5. The second-order valence-corrected chi connectivity index (χ2v) is 3.45. The predicted octanol–water partition coefficient (Wildman–Crippen LogP) is 2.05. The molecule has 2 rings (SSSR count). The highest BCUT2D eigenvalue weighted by Crippen LogP contribution is 2.25. The topological polar surface area (TPSA) is 76.2 Å². The van der Waals surface area contributed by atoms with E-state index in [2.05, 4.69) is 10.1 Å². The summed E-state index contributed by atoms with van der Waals surface area (Å²) in [5, 5.41) is 12.8. The summed E-state index contributed by atoms with van der Waals surface area (Å²) in [5.41, 5.74) is 1.94. The lowest BCUT2D eigenvalue weighted by molar-refractivity contribution is 0.0696. The molecule has 0 saturated heterocycles. The van der Waals surface area contributed by atoms with E-state index in [0.717, 1.165) is 5.69 Å². The normalized spacial score (nSPS) is 10.4. The summed E-state index contributed by atoms with van der Waals surface area (Å²) >= 11 is 0. The molecular formula is C11H10N2O3. The van der Waals surface area contributed by atoms with Gasteiger partial charge in [0.1, 0.15) is 17.0 Å². The molecule has 0 aliphatic heterocycles. The van der Waals surface area contributed by atoms with Gasteiger partial charge in [0, 0.05) is 17.5 Å². The lowest BCUT2D eigenvalue weighted by atomic mass is 10.1. The number of nitrogens with zero attached hydrogens (tertiary/aromatic N) is 2. The van der Waals surface area contributed by atoms with Crippen LogP contribution in [0.5, 0.6) is 0 Å². The van der Waals surface area contributed by atoms with E-state index < -0.39 is 5.97 Å². The van der Waals surface area contributed by atoms with Gasteiger partial charge in [-0.1, -0.05) is 5.16 Å². The van der Waals surface area contributed by atoms with Crippen LogP contribution in [-0.2, 0) is 0 Å². The van der Waals surface area contributed by atoms with Crippen molar-refractivity contribution in [3.8, 4) is 11.3 Å². The molecule has 1 N–H and O–H groups in total. The summed E-state index contributed by atoms with van der Waals surface area (Å²) < 4.78 is 4.90. The van der Waals surface area contributed by atoms with Crippen molar-refractivity contribution in [2.45, 2.75) is 13.8 Å². The molecule has 5 nitrogen and oxygen atoms in total. The molecule has 0 fully saturated rings. The summed E-state index contributed by atoms with van der Waals surface area (Å²) in [6.45, 7) is 3.41. The van der Waals surface area contributed by atoms with Crippen molar-refractivity contribution in [3.63, 3.8) is 0 Å². The fourth-order valence-electron chi connectivity index (χ4n) is 1.51. The van der Waals surface area contributed by atoms with Crippen molar-refractivity contribution in [1.29, 1.82) is 0 Å².